The van der Waals surface area contributed by atoms with Gasteiger partial charge in [0.15, 0.2) is 12.2 Å². The SMILES string of the molecule is CCCCCCCCCCCCCCCCCCCCCC(=O)OC[C@H](COP(=O)(O)OC[C@@H](O)COP(=O)(O)OC[C@@H](COC(=O)CCCCCCCCCCCC)OC(=O)CCCCCCCCCC(C)C)OC(=O)CCCCCCCCCCCCCCCCCCCCC(C)C. The number of aliphatic hydroxyl groups is 1. The predicted octanol–water partition coefficient (Wildman–Crippen LogP) is 24.3. The monoisotopic (exact) mass is 1470 g/mol. The van der Waals surface area contributed by atoms with E-state index in [-0.39, 0.29) is 25.7 Å². The zero-order chi connectivity index (χ0) is 73.5. The maximum absolute atomic E-state index is 13.1. The summed E-state index contributed by atoms with van der Waals surface area (Å²) in [6.45, 7) is 9.59. The van der Waals surface area contributed by atoms with Crippen LogP contribution in [0.5, 0.6) is 0 Å². The molecule has 0 rings (SSSR count). The highest BCUT2D eigenvalue weighted by Gasteiger charge is 2.30. The number of carbonyl (C=O) groups excluding carboxylic acids is 4. The molecule has 0 amide bonds. The molecule has 100 heavy (non-hydrogen) atoms. The van der Waals surface area contributed by atoms with E-state index in [4.69, 9.17) is 37.0 Å². The fraction of sp³-hybridized carbons (Fsp3) is 0.951. The molecule has 0 aromatic carbocycles. The molecule has 0 spiro atoms. The summed E-state index contributed by atoms with van der Waals surface area (Å²) in [4.78, 5) is 72.9. The third-order valence-corrected chi connectivity index (χ3v) is 20.9. The first-order valence-corrected chi connectivity index (χ1v) is 45.0. The van der Waals surface area contributed by atoms with Gasteiger partial charge in [0.05, 0.1) is 26.4 Å². The average molecular weight is 1470 g/mol. The predicted molar refractivity (Wildman–Crippen MR) is 409 cm³/mol. The van der Waals surface area contributed by atoms with Gasteiger partial charge in [0.1, 0.15) is 19.3 Å². The number of unbranched alkanes of at least 4 members (excludes halogenated alkanes) is 50. The standard InChI is InChI=1S/C81H158O17P2/c1-7-9-11-13-15-17-19-20-21-22-23-27-30-33-36-40-46-52-58-64-79(84)92-69-76(97-80(85)65-59-53-47-41-37-34-31-28-25-24-26-29-32-35-38-43-49-55-61-73(3)4)71-95-99(87,88)93-67-75(82)68-94-100(89,90)96-72-77(98-81(86)66-60-54-48-42-44-50-56-62-74(5)6)70-91-78(83)63-57-51-45-39-18-16-14-12-10-8-2/h73-77,82H,7-72H2,1-6H3,(H,87,88)(H,89,90)/t75-,76-,77-/m1/s1. The van der Waals surface area contributed by atoms with Crippen LogP contribution in [0.3, 0.4) is 0 Å². The van der Waals surface area contributed by atoms with E-state index in [2.05, 4.69) is 41.5 Å². The second-order valence-corrected chi connectivity index (χ2v) is 33.0. The van der Waals surface area contributed by atoms with Gasteiger partial charge in [0.25, 0.3) is 0 Å². The minimum absolute atomic E-state index is 0.104. The number of phosphoric acid groups is 2. The van der Waals surface area contributed by atoms with Crippen molar-refractivity contribution >= 4 is 39.5 Å². The van der Waals surface area contributed by atoms with E-state index in [0.29, 0.717) is 31.6 Å². The lowest BCUT2D eigenvalue weighted by atomic mass is 10.0. The minimum Gasteiger partial charge on any atom is -0.462 e. The molecule has 0 aromatic rings. The van der Waals surface area contributed by atoms with Crippen LogP contribution in [0.1, 0.15) is 427 Å². The summed E-state index contributed by atoms with van der Waals surface area (Å²) in [5.41, 5.74) is 0. The van der Waals surface area contributed by atoms with E-state index in [9.17, 15) is 43.2 Å². The zero-order valence-electron chi connectivity index (χ0n) is 65.5. The molecular weight excluding hydrogens is 1310 g/mol. The molecule has 0 radical (unpaired) electrons. The Morgan fingerprint density at radius 2 is 0.460 bits per heavy atom. The van der Waals surface area contributed by atoms with Gasteiger partial charge >= 0.3 is 39.5 Å². The van der Waals surface area contributed by atoms with Crippen molar-refractivity contribution in [2.45, 2.75) is 445 Å². The highest BCUT2D eigenvalue weighted by molar-refractivity contribution is 7.47. The van der Waals surface area contributed by atoms with Gasteiger partial charge in [-0.25, -0.2) is 9.13 Å². The Labute approximate surface area is 613 Å². The summed E-state index contributed by atoms with van der Waals surface area (Å²) in [6.07, 6.45) is 62.7. The van der Waals surface area contributed by atoms with Gasteiger partial charge in [-0.15, -0.1) is 0 Å². The summed E-state index contributed by atoms with van der Waals surface area (Å²) in [5, 5.41) is 10.6. The Bertz CT molecular complexity index is 1920. The van der Waals surface area contributed by atoms with Crippen LogP contribution < -0.4 is 0 Å². The maximum Gasteiger partial charge on any atom is 0.472 e. The Kier molecular flexibility index (Phi) is 71.2. The molecule has 594 valence electrons. The molecule has 17 nitrogen and oxygen atoms in total. The Hall–Kier alpha value is -1.94. The summed E-state index contributed by atoms with van der Waals surface area (Å²) in [5.74, 6) is -0.596. The quantitative estimate of drug-likeness (QED) is 0.0222. The van der Waals surface area contributed by atoms with Crippen molar-refractivity contribution in [2.24, 2.45) is 11.8 Å². The lowest BCUT2D eigenvalue weighted by Gasteiger charge is -2.21. The highest BCUT2D eigenvalue weighted by atomic mass is 31.2. The number of hydrogen-bond acceptors (Lipinski definition) is 15. The van der Waals surface area contributed by atoms with E-state index in [1.807, 2.05) is 0 Å². The van der Waals surface area contributed by atoms with Crippen LogP contribution in [0, 0.1) is 11.8 Å². The minimum atomic E-state index is -4.96. The van der Waals surface area contributed by atoms with Crippen LogP contribution in [-0.2, 0) is 65.4 Å². The molecule has 0 fully saturated rings. The summed E-state index contributed by atoms with van der Waals surface area (Å²) >= 11 is 0. The molecule has 0 saturated heterocycles. The van der Waals surface area contributed by atoms with Crippen molar-refractivity contribution in [3.63, 3.8) is 0 Å². The average Bonchev–Trinajstić information content (AvgIpc) is 0.949. The molecule has 5 atom stereocenters. The molecule has 0 heterocycles. The van der Waals surface area contributed by atoms with Crippen LogP contribution in [0.2, 0.25) is 0 Å². The molecule has 19 heteroatoms. The Morgan fingerprint density at radius 3 is 0.680 bits per heavy atom. The van der Waals surface area contributed by atoms with E-state index < -0.39 is 97.5 Å². The number of aliphatic hydroxyl groups excluding tert-OH is 1. The zero-order valence-corrected chi connectivity index (χ0v) is 67.3. The molecule has 0 saturated carbocycles. The van der Waals surface area contributed by atoms with Crippen LogP contribution in [0.15, 0.2) is 0 Å². The van der Waals surface area contributed by atoms with Gasteiger partial charge in [-0.1, -0.05) is 375 Å². The third-order valence-electron chi connectivity index (χ3n) is 19.0. The second kappa shape index (κ2) is 72.6. The lowest BCUT2D eigenvalue weighted by Crippen LogP contribution is -2.30. The normalized spacial score (nSPS) is 13.9. The summed E-state index contributed by atoms with van der Waals surface area (Å²) < 4.78 is 68.6. The largest absolute Gasteiger partial charge is 0.472 e. The number of ether oxygens (including phenoxy) is 4. The van der Waals surface area contributed by atoms with Gasteiger partial charge in [-0.05, 0) is 37.5 Å². The Balaban J connectivity index is 5.18. The van der Waals surface area contributed by atoms with Crippen molar-refractivity contribution in [3.05, 3.63) is 0 Å². The van der Waals surface area contributed by atoms with E-state index in [1.165, 1.54) is 244 Å². The fourth-order valence-electron chi connectivity index (χ4n) is 12.5. The van der Waals surface area contributed by atoms with Crippen molar-refractivity contribution in [2.75, 3.05) is 39.6 Å². The summed E-state index contributed by atoms with van der Waals surface area (Å²) in [7, 11) is -9.91. The third kappa shape index (κ3) is 74.3. The molecule has 0 aliphatic rings. The molecule has 0 aliphatic carbocycles. The van der Waals surface area contributed by atoms with Crippen molar-refractivity contribution in [1.82, 2.24) is 0 Å². The van der Waals surface area contributed by atoms with E-state index in [1.54, 1.807) is 0 Å². The first-order valence-electron chi connectivity index (χ1n) is 42.0. The van der Waals surface area contributed by atoms with Gasteiger partial charge in [-0.3, -0.25) is 37.3 Å². The maximum atomic E-state index is 13.1. The topological polar surface area (TPSA) is 237 Å². The van der Waals surface area contributed by atoms with Crippen molar-refractivity contribution in [1.29, 1.82) is 0 Å². The Morgan fingerprint density at radius 1 is 0.270 bits per heavy atom. The van der Waals surface area contributed by atoms with Crippen LogP contribution in [-0.4, -0.2) is 96.7 Å². The number of hydrogen-bond donors (Lipinski definition) is 3. The first-order chi connectivity index (χ1) is 48.4. The second-order valence-electron chi connectivity index (χ2n) is 30.1. The smallest absolute Gasteiger partial charge is 0.462 e. The van der Waals surface area contributed by atoms with Crippen LogP contribution in [0.4, 0.5) is 0 Å². The van der Waals surface area contributed by atoms with Crippen molar-refractivity contribution in [3.8, 4) is 0 Å². The molecular formula is C81H158O17P2. The molecule has 3 N–H and O–H groups in total. The lowest BCUT2D eigenvalue weighted by molar-refractivity contribution is -0.161. The van der Waals surface area contributed by atoms with Crippen LogP contribution >= 0.6 is 15.6 Å². The summed E-state index contributed by atoms with van der Waals surface area (Å²) in [6, 6.07) is 0. The highest BCUT2D eigenvalue weighted by Crippen LogP contribution is 2.45. The molecule has 2 unspecified atom stereocenters. The number of rotatable bonds is 80. The van der Waals surface area contributed by atoms with Gasteiger partial charge in [-0.2, -0.15) is 0 Å². The van der Waals surface area contributed by atoms with Crippen molar-refractivity contribution < 1.29 is 80.2 Å². The molecule has 0 aliphatic heterocycles. The van der Waals surface area contributed by atoms with Gasteiger partial charge in [0.2, 0.25) is 0 Å². The molecule has 0 aromatic heterocycles. The first kappa shape index (κ1) is 98.1. The number of phosphoric ester groups is 2. The van der Waals surface area contributed by atoms with Gasteiger partial charge in [0, 0.05) is 25.7 Å². The van der Waals surface area contributed by atoms with Gasteiger partial charge < -0.3 is 33.8 Å². The van der Waals surface area contributed by atoms with E-state index in [0.717, 1.165) is 95.8 Å². The molecule has 0 bridgehead atoms. The van der Waals surface area contributed by atoms with E-state index >= 15 is 0 Å². The number of carbonyl (C=O) groups is 4. The number of esters is 4. The van der Waals surface area contributed by atoms with Crippen LogP contribution in [0.25, 0.3) is 0 Å². The fourth-order valence-corrected chi connectivity index (χ4v) is 14.1.